The Labute approximate surface area is 205 Å². The molecule has 9 heteroatoms. The first kappa shape index (κ1) is 24.7. The summed E-state index contributed by atoms with van der Waals surface area (Å²) in [7, 11) is -2.33. The van der Waals surface area contributed by atoms with Crippen LogP contribution >= 0.6 is 0 Å². The number of methoxy groups -OCH3 is 1. The summed E-state index contributed by atoms with van der Waals surface area (Å²) >= 11 is 0. The van der Waals surface area contributed by atoms with Crippen LogP contribution in [0.2, 0.25) is 0 Å². The number of hydrogen-bond acceptors (Lipinski definition) is 5. The number of nitrogens with one attached hydrogen (secondary N) is 2. The Morgan fingerprint density at radius 1 is 1.03 bits per heavy atom. The number of anilines is 1. The molecule has 0 spiro atoms. The molecule has 3 aromatic carbocycles. The molecule has 0 unspecified atom stereocenters. The van der Waals surface area contributed by atoms with Gasteiger partial charge in [-0.1, -0.05) is 18.2 Å². The third-order valence-electron chi connectivity index (χ3n) is 6.04. The predicted molar refractivity (Wildman–Crippen MR) is 133 cm³/mol. The molecular formula is C26H28FN3O4S. The lowest BCUT2D eigenvalue weighted by Gasteiger charge is -2.28. The minimum absolute atomic E-state index is 0.000542. The Hall–Kier alpha value is -3.43. The first-order valence-electron chi connectivity index (χ1n) is 11.4. The van der Waals surface area contributed by atoms with Gasteiger partial charge in [-0.15, -0.1) is 0 Å². The van der Waals surface area contributed by atoms with Gasteiger partial charge in [0.05, 0.1) is 18.0 Å². The topological polar surface area (TPSA) is 87.7 Å². The van der Waals surface area contributed by atoms with E-state index in [-0.39, 0.29) is 28.1 Å². The highest BCUT2D eigenvalue weighted by Gasteiger charge is 2.24. The second-order valence-corrected chi connectivity index (χ2v) is 10.1. The van der Waals surface area contributed by atoms with Gasteiger partial charge in [0.15, 0.2) is 0 Å². The Bertz CT molecular complexity index is 1260. The lowest BCUT2D eigenvalue weighted by Crippen LogP contribution is -2.36. The third-order valence-corrected chi connectivity index (χ3v) is 7.42. The number of carbonyl (C=O) groups excluding carboxylic acids is 1. The summed E-state index contributed by atoms with van der Waals surface area (Å²) in [6, 6.07) is 18.7. The molecule has 184 valence electrons. The zero-order chi connectivity index (χ0) is 24.8. The van der Waals surface area contributed by atoms with Crippen LogP contribution in [0, 0.1) is 5.82 Å². The monoisotopic (exact) mass is 497 g/mol. The van der Waals surface area contributed by atoms with Crippen molar-refractivity contribution in [3.8, 4) is 5.75 Å². The summed E-state index contributed by atoms with van der Waals surface area (Å²) in [5, 5.41) is 2.97. The molecule has 1 heterocycles. The van der Waals surface area contributed by atoms with Gasteiger partial charge in [0.2, 0.25) is 0 Å². The summed E-state index contributed by atoms with van der Waals surface area (Å²) in [5.41, 5.74) is 1.55. The van der Waals surface area contributed by atoms with Gasteiger partial charge in [-0.2, -0.15) is 0 Å². The Kier molecular flexibility index (Phi) is 7.67. The molecule has 1 aliphatic rings. The molecule has 0 aliphatic carbocycles. The van der Waals surface area contributed by atoms with Crippen LogP contribution < -0.4 is 14.8 Å². The highest BCUT2D eigenvalue weighted by atomic mass is 32.2. The fraction of sp³-hybridized carbons (Fsp3) is 0.269. The SMILES string of the molecule is COc1ccc([C@@H](CNC(=O)c2cccc(S(=O)(=O)Nc3ccc(F)cc3)c2)N2CCCC2)cc1. The summed E-state index contributed by atoms with van der Waals surface area (Å²) in [5.74, 6) is -0.0553. The van der Waals surface area contributed by atoms with Crippen LogP contribution in [0.15, 0.2) is 77.7 Å². The van der Waals surface area contributed by atoms with Gasteiger partial charge in [0, 0.05) is 17.8 Å². The second kappa shape index (κ2) is 10.9. The Balaban J connectivity index is 1.47. The van der Waals surface area contributed by atoms with Crippen molar-refractivity contribution in [1.82, 2.24) is 10.2 Å². The molecule has 0 radical (unpaired) electrons. The standard InChI is InChI=1S/C26H28FN3O4S/c1-34-23-13-7-19(8-14-23)25(30-15-2-3-16-30)18-28-26(31)20-5-4-6-24(17-20)35(32,33)29-22-11-9-21(27)10-12-22/h4-14,17,25,29H,2-3,15-16,18H2,1H3,(H,28,31)/t25-/m1/s1. The van der Waals surface area contributed by atoms with Crippen LogP contribution in [0.5, 0.6) is 5.75 Å². The maximum absolute atomic E-state index is 13.1. The molecule has 1 fully saturated rings. The number of nitrogens with zero attached hydrogens (tertiary/aromatic N) is 1. The zero-order valence-electron chi connectivity index (χ0n) is 19.4. The summed E-state index contributed by atoms with van der Waals surface area (Å²) in [6.07, 6.45) is 2.23. The van der Waals surface area contributed by atoms with Crippen LogP contribution in [0.3, 0.4) is 0 Å². The molecule has 35 heavy (non-hydrogen) atoms. The fourth-order valence-electron chi connectivity index (χ4n) is 4.17. The van der Waals surface area contributed by atoms with Crippen molar-refractivity contribution in [2.45, 2.75) is 23.8 Å². The van der Waals surface area contributed by atoms with Crippen LogP contribution in [-0.2, 0) is 10.0 Å². The van der Waals surface area contributed by atoms with Crippen molar-refractivity contribution >= 4 is 21.6 Å². The summed E-state index contributed by atoms with van der Waals surface area (Å²) in [4.78, 5) is 15.3. The number of ether oxygens (including phenoxy) is 1. The lowest BCUT2D eigenvalue weighted by atomic mass is 10.0. The van der Waals surface area contributed by atoms with Gasteiger partial charge < -0.3 is 10.1 Å². The van der Waals surface area contributed by atoms with E-state index in [0.717, 1.165) is 37.2 Å². The van der Waals surface area contributed by atoms with Crippen molar-refractivity contribution in [3.63, 3.8) is 0 Å². The van der Waals surface area contributed by atoms with Crippen molar-refractivity contribution in [3.05, 3.63) is 89.7 Å². The van der Waals surface area contributed by atoms with Gasteiger partial charge in [-0.05, 0) is 86.1 Å². The normalized spacial score (nSPS) is 14.9. The van der Waals surface area contributed by atoms with E-state index in [1.165, 1.54) is 42.5 Å². The zero-order valence-corrected chi connectivity index (χ0v) is 20.2. The quantitative estimate of drug-likeness (QED) is 0.463. The summed E-state index contributed by atoms with van der Waals surface area (Å²) in [6.45, 7) is 2.29. The fourth-order valence-corrected chi connectivity index (χ4v) is 5.27. The second-order valence-electron chi connectivity index (χ2n) is 8.38. The average Bonchev–Trinajstić information content (AvgIpc) is 3.40. The minimum atomic E-state index is -3.95. The molecule has 7 nitrogen and oxygen atoms in total. The smallest absolute Gasteiger partial charge is 0.261 e. The van der Waals surface area contributed by atoms with E-state index >= 15 is 0 Å². The van der Waals surface area contributed by atoms with Crippen LogP contribution in [0.25, 0.3) is 0 Å². The number of halogens is 1. The molecular weight excluding hydrogens is 469 g/mol. The average molecular weight is 498 g/mol. The highest BCUT2D eigenvalue weighted by Crippen LogP contribution is 2.26. The molecule has 2 N–H and O–H groups in total. The molecule has 0 bridgehead atoms. The van der Waals surface area contributed by atoms with E-state index in [2.05, 4.69) is 14.9 Å². The number of amides is 1. The third kappa shape index (κ3) is 6.17. The maximum Gasteiger partial charge on any atom is 0.261 e. The minimum Gasteiger partial charge on any atom is -0.497 e. The largest absolute Gasteiger partial charge is 0.497 e. The van der Waals surface area contributed by atoms with Crippen LogP contribution in [-0.4, -0.2) is 46.0 Å². The molecule has 1 saturated heterocycles. The number of rotatable bonds is 9. The van der Waals surface area contributed by atoms with Gasteiger partial charge >= 0.3 is 0 Å². The number of sulfonamides is 1. The molecule has 0 saturated carbocycles. The first-order valence-corrected chi connectivity index (χ1v) is 12.9. The molecule has 1 aliphatic heterocycles. The molecule has 4 rings (SSSR count). The Morgan fingerprint density at radius 2 is 1.71 bits per heavy atom. The van der Waals surface area contributed by atoms with Gasteiger partial charge in [-0.25, -0.2) is 12.8 Å². The summed E-state index contributed by atoms with van der Waals surface area (Å²) < 4.78 is 46.4. The molecule has 3 aromatic rings. The maximum atomic E-state index is 13.1. The first-order chi connectivity index (χ1) is 16.9. The van der Waals surface area contributed by atoms with Crippen molar-refractivity contribution in [2.24, 2.45) is 0 Å². The van der Waals surface area contributed by atoms with Gasteiger partial charge in [0.25, 0.3) is 15.9 Å². The van der Waals surface area contributed by atoms with E-state index in [0.29, 0.717) is 6.54 Å². The number of carbonyl (C=O) groups is 1. The van der Waals surface area contributed by atoms with E-state index in [1.807, 2.05) is 24.3 Å². The predicted octanol–water partition coefficient (Wildman–Crippen LogP) is 4.20. The van der Waals surface area contributed by atoms with E-state index in [1.54, 1.807) is 13.2 Å². The molecule has 1 atom stereocenters. The number of likely N-dealkylation sites (tertiary alicyclic amines) is 1. The highest BCUT2D eigenvalue weighted by molar-refractivity contribution is 7.92. The van der Waals surface area contributed by atoms with Crippen molar-refractivity contribution in [1.29, 1.82) is 0 Å². The number of hydrogen-bond donors (Lipinski definition) is 2. The van der Waals surface area contributed by atoms with Crippen molar-refractivity contribution < 1.29 is 22.3 Å². The molecule has 1 amide bonds. The van der Waals surface area contributed by atoms with Gasteiger partial charge in [0.1, 0.15) is 11.6 Å². The van der Waals surface area contributed by atoms with Crippen LogP contribution in [0.1, 0.15) is 34.8 Å². The van der Waals surface area contributed by atoms with Crippen molar-refractivity contribution in [2.75, 3.05) is 31.5 Å². The van der Waals surface area contributed by atoms with E-state index in [4.69, 9.17) is 4.74 Å². The van der Waals surface area contributed by atoms with Gasteiger partial charge in [-0.3, -0.25) is 14.4 Å². The molecule has 0 aromatic heterocycles. The van der Waals surface area contributed by atoms with E-state index in [9.17, 15) is 17.6 Å². The Morgan fingerprint density at radius 3 is 2.37 bits per heavy atom. The van der Waals surface area contributed by atoms with Crippen LogP contribution in [0.4, 0.5) is 10.1 Å². The number of benzene rings is 3. The lowest BCUT2D eigenvalue weighted by molar-refractivity contribution is 0.0937. The van der Waals surface area contributed by atoms with E-state index < -0.39 is 15.8 Å².